The number of halogens is 2. The fourth-order valence-corrected chi connectivity index (χ4v) is 1.87. The molecule has 2 rings (SSSR count). The molecule has 0 aliphatic carbocycles. The minimum atomic E-state index is -0.381. The van der Waals surface area contributed by atoms with Gasteiger partial charge < -0.3 is 10.1 Å². The lowest BCUT2D eigenvalue weighted by Crippen LogP contribution is -2.21. The Hall–Kier alpha value is -1.38. The Kier molecular flexibility index (Phi) is 4.94. The van der Waals surface area contributed by atoms with Crippen LogP contribution in [0.5, 0.6) is 0 Å². The molecule has 1 heterocycles. The van der Waals surface area contributed by atoms with Gasteiger partial charge in [-0.1, -0.05) is 15.9 Å². The lowest BCUT2D eigenvalue weighted by atomic mass is 10.3. The third-order valence-corrected chi connectivity index (χ3v) is 2.93. The predicted octanol–water partition coefficient (Wildman–Crippen LogP) is 1.30. The highest BCUT2D eigenvalue weighted by Crippen LogP contribution is 2.19. The van der Waals surface area contributed by atoms with Crippen molar-refractivity contribution in [3.05, 3.63) is 34.3 Å². The van der Waals surface area contributed by atoms with Gasteiger partial charge in [0.05, 0.1) is 13.2 Å². The van der Waals surface area contributed by atoms with Crippen molar-refractivity contribution in [1.29, 1.82) is 0 Å². The van der Waals surface area contributed by atoms with Gasteiger partial charge in [-0.15, -0.1) is 5.10 Å². The summed E-state index contributed by atoms with van der Waals surface area (Å²) in [6, 6.07) is 4.62. The van der Waals surface area contributed by atoms with Crippen molar-refractivity contribution in [1.82, 2.24) is 25.5 Å². The summed E-state index contributed by atoms with van der Waals surface area (Å²) in [5.41, 5.74) is 0.308. The van der Waals surface area contributed by atoms with E-state index in [9.17, 15) is 4.39 Å². The molecule has 0 bridgehead atoms. The van der Waals surface area contributed by atoms with E-state index in [1.807, 2.05) is 0 Å². The molecule has 8 heteroatoms. The Labute approximate surface area is 118 Å². The second kappa shape index (κ2) is 6.69. The highest BCUT2D eigenvalue weighted by Gasteiger charge is 2.12. The van der Waals surface area contributed by atoms with E-state index in [2.05, 4.69) is 36.8 Å². The summed E-state index contributed by atoms with van der Waals surface area (Å²) < 4.78 is 20.8. The normalized spacial score (nSPS) is 10.9. The Morgan fingerprint density at radius 3 is 3.11 bits per heavy atom. The van der Waals surface area contributed by atoms with E-state index >= 15 is 0 Å². The van der Waals surface area contributed by atoms with E-state index in [-0.39, 0.29) is 5.82 Å². The molecular formula is C11H13BrFN5O. The van der Waals surface area contributed by atoms with Crippen molar-refractivity contribution in [3.8, 4) is 5.69 Å². The number of hydrogen-bond donors (Lipinski definition) is 1. The lowest BCUT2D eigenvalue weighted by molar-refractivity contribution is 0.199. The summed E-state index contributed by atoms with van der Waals surface area (Å²) in [4.78, 5) is 0. The predicted molar refractivity (Wildman–Crippen MR) is 70.4 cm³/mol. The molecule has 0 saturated carbocycles. The first kappa shape index (κ1) is 14.0. The summed E-state index contributed by atoms with van der Waals surface area (Å²) >= 11 is 3.30. The fraction of sp³-hybridized carbons (Fsp3) is 0.364. The van der Waals surface area contributed by atoms with E-state index in [0.717, 1.165) is 4.47 Å². The Morgan fingerprint density at radius 1 is 1.47 bits per heavy atom. The first-order chi connectivity index (χ1) is 9.22. The fourth-order valence-electron chi connectivity index (χ4n) is 1.53. The van der Waals surface area contributed by atoms with Crippen molar-refractivity contribution >= 4 is 15.9 Å². The number of methoxy groups -OCH3 is 1. The highest BCUT2D eigenvalue weighted by atomic mass is 79.9. The minimum absolute atomic E-state index is 0.308. The maximum Gasteiger partial charge on any atom is 0.170 e. The van der Waals surface area contributed by atoms with Crippen molar-refractivity contribution in [3.63, 3.8) is 0 Å². The van der Waals surface area contributed by atoms with Crippen LogP contribution in [0.25, 0.3) is 5.69 Å². The Morgan fingerprint density at radius 2 is 2.32 bits per heavy atom. The molecule has 0 spiro atoms. The lowest BCUT2D eigenvalue weighted by Gasteiger charge is -2.07. The number of ether oxygens (including phenoxy) is 1. The Bertz CT molecular complexity index is 548. The minimum Gasteiger partial charge on any atom is -0.383 e. The first-order valence-corrected chi connectivity index (χ1v) is 6.44. The smallest absolute Gasteiger partial charge is 0.170 e. The van der Waals surface area contributed by atoms with E-state index in [4.69, 9.17) is 4.74 Å². The molecule has 0 amide bonds. The van der Waals surface area contributed by atoms with E-state index in [1.165, 1.54) is 10.7 Å². The molecule has 2 aromatic rings. The molecule has 0 atom stereocenters. The quantitative estimate of drug-likeness (QED) is 0.809. The van der Waals surface area contributed by atoms with E-state index in [0.29, 0.717) is 31.2 Å². The zero-order chi connectivity index (χ0) is 13.7. The molecule has 1 aromatic carbocycles. The molecule has 0 aliphatic heterocycles. The van der Waals surface area contributed by atoms with Gasteiger partial charge >= 0.3 is 0 Å². The van der Waals surface area contributed by atoms with Gasteiger partial charge in [0.25, 0.3) is 0 Å². The van der Waals surface area contributed by atoms with Gasteiger partial charge in [0.2, 0.25) is 0 Å². The van der Waals surface area contributed by atoms with Crippen molar-refractivity contribution in [2.75, 3.05) is 20.3 Å². The van der Waals surface area contributed by atoms with Crippen LogP contribution in [0.4, 0.5) is 4.39 Å². The van der Waals surface area contributed by atoms with Gasteiger partial charge in [0, 0.05) is 18.1 Å². The number of tetrazole rings is 1. The van der Waals surface area contributed by atoms with Crippen molar-refractivity contribution in [2.24, 2.45) is 0 Å². The SMILES string of the molecule is COCCNCc1nnnn1-c1cc(Br)ccc1F. The molecule has 0 aliphatic rings. The Balaban J connectivity index is 2.16. The van der Waals surface area contributed by atoms with E-state index in [1.54, 1.807) is 19.2 Å². The summed E-state index contributed by atoms with van der Waals surface area (Å²) in [5, 5.41) is 14.4. The van der Waals surface area contributed by atoms with Crippen LogP contribution in [0.3, 0.4) is 0 Å². The number of hydrogen-bond acceptors (Lipinski definition) is 5. The summed E-state index contributed by atoms with van der Waals surface area (Å²) in [5.74, 6) is 0.154. The van der Waals surface area contributed by atoms with Gasteiger partial charge in [0.1, 0.15) is 11.5 Å². The van der Waals surface area contributed by atoms with Crippen molar-refractivity contribution < 1.29 is 9.13 Å². The standard InChI is InChI=1S/C11H13BrFN5O/c1-19-5-4-14-7-11-15-16-17-18(11)10-6-8(12)2-3-9(10)13/h2-3,6,14H,4-5,7H2,1H3. The number of benzene rings is 1. The molecule has 19 heavy (non-hydrogen) atoms. The molecule has 0 saturated heterocycles. The molecule has 1 aromatic heterocycles. The molecule has 1 N–H and O–H groups in total. The number of nitrogens with zero attached hydrogens (tertiary/aromatic N) is 4. The third-order valence-electron chi connectivity index (χ3n) is 2.44. The van der Waals surface area contributed by atoms with Gasteiger partial charge in [-0.25, -0.2) is 4.39 Å². The van der Waals surface area contributed by atoms with Crippen LogP contribution in [-0.4, -0.2) is 40.5 Å². The highest BCUT2D eigenvalue weighted by molar-refractivity contribution is 9.10. The van der Waals surface area contributed by atoms with Crippen molar-refractivity contribution in [2.45, 2.75) is 6.54 Å². The zero-order valence-electron chi connectivity index (χ0n) is 10.3. The number of aromatic nitrogens is 4. The molecule has 0 radical (unpaired) electrons. The summed E-state index contributed by atoms with van der Waals surface area (Å²) in [7, 11) is 1.63. The van der Waals surface area contributed by atoms with Crippen LogP contribution in [0, 0.1) is 5.82 Å². The van der Waals surface area contributed by atoms with E-state index < -0.39 is 0 Å². The van der Waals surface area contributed by atoms with Gasteiger partial charge in [-0.05, 0) is 28.6 Å². The van der Waals surface area contributed by atoms with Crippen LogP contribution in [0.1, 0.15) is 5.82 Å². The molecule has 0 unspecified atom stereocenters. The van der Waals surface area contributed by atoms with Gasteiger partial charge in [-0.3, -0.25) is 0 Å². The van der Waals surface area contributed by atoms with Crippen LogP contribution < -0.4 is 5.32 Å². The number of rotatable bonds is 6. The molecule has 102 valence electrons. The zero-order valence-corrected chi connectivity index (χ0v) is 11.9. The maximum absolute atomic E-state index is 13.8. The summed E-state index contributed by atoms with van der Waals surface area (Å²) in [6.45, 7) is 1.69. The topological polar surface area (TPSA) is 64.9 Å². The molecular weight excluding hydrogens is 317 g/mol. The van der Waals surface area contributed by atoms with Crippen LogP contribution in [0.15, 0.2) is 22.7 Å². The molecule has 0 fully saturated rings. The average molecular weight is 330 g/mol. The van der Waals surface area contributed by atoms with Crippen LogP contribution in [-0.2, 0) is 11.3 Å². The van der Waals surface area contributed by atoms with Crippen LogP contribution >= 0.6 is 15.9 Å². The summed E-state index contributed by atoms with van der Waals surface area (Å²) in [6.07, 6.45) is 0. The largest absolute Gasteiger partial charge is 0.383 e. The average Bonchev–Trinajstić information content (AvgIpc) is 2.86. The second-order valence-corrected chi connectivity index (χ2v) is 4.69. The second-order valence-electron chi connectivity index (χ2n) is 3.77. The van der Waals surface area contributed by atoms with Crippen LogP contribution in [0.2, 0.25) is 0 Å². The van der Waals surface area contributed by atoms with Gasteiger partial charge in [-0.2, -0.15) is 4.68 Å². The first-order valence-electron chi connectivity index (χ1n) is 5.64. The number of nitrogens with one attached hydrogen (secondary N) is 1. The molecule has 6 nitrogen and oxygen atoms in total. The maximum atomic E-state index is 13.8. The third kappa shape index (κ3) is 3.55. The monoisotopic (exact) mass is 329 g/mol. The van der Waals surface area contributed by atoms with Gasteiger partial charge in [0.15, 0.2) is 5.82 Å².